The first-order valence-corrected chi connectivity index (χ1v) is 5.73. The second-order valence-corrected chi connectivity index (χ2v) is 4.11. The van der Waals surface area contributed by atoms with Gasteiger partial charge in [0, 0.05) is 0 Å². The lowest BCUT2D eigenvalue weighted by atomic mass is 10.0. The fourth-order valence-corrected chi connectivity index (χ4v) is 1.79. The van der Waals surface area contributed by atoms with Gasteiger partial charge in [-0.15, -0.1) is 0 Å². The predicted molar refractivity (Wildman–Crippen MR) is 71.5 cm³/mol. The Balaban J connectivity index is 2.21. The first-order valence-electron chi connectivity index (χ1n) is 5.73. The Morgan fingerprint density at radius 2 is 1.47 bits per heavy atom. The maximum absolute atomic E-state index is 10.2. The summed E-state index contributed by atoms with van der Waals surface area (Å²) in [6.07, 6.45) is 1.48. The third kappa shape index (κ3) is 3.05. The molecule has 0 aliphatic heterocycles. The Bertz CT molecular complexity index is 485. The lowest BCUT2D eigenvalue weighted by Gasteiger charge is -2.11. The van der Waals surface area contributed by atoms with Gasteiger partial charge in [0.05, 0.1) is 0 Å². The van der Waals surface area contributed by atoms with Crippen LogP contribution in [0.5, 0.6) is 0 Å². The zero-order valence-corrected chi connectivity index (χ0v) is 9.88. The third-order valence-corrected chi connectivity index (χ3v) is 2.74. The van der Waals surface area contributed by atoms with Gasteiger partial charge in [-0.1, -0.05) is 66.7 Å². The summed E-state index contributed by atoms with van der Waals surface area (Å²) >= 11 is 0. The van der Waals surface area contributed by atoms with Gasteiger partial charge in [-0.25, -0.2) is 0 Å². The van der Waals surface area contributed by atoms with Crippen LogP contribution in [0, 0.1) is 0 Å². The first kappa shape index (κ1) is 11.6. The van der Waals surface area contributed by atoms with Crippen molar-refractivity contribution >= 4 is 6.08 Å². The summed E-state index contributed by atoms with van der Waals surface area (Å²) in [6, 6.07) is 19.7. The fourth-order valence-electron chi connectivity index (χ4n) is 1.79. The summed E-state index contributed by atoms with van der Waals surface area (Å²) in [5.74, 6) is 0. The summed E-state index contributed by atoms with van der Waals surface area (Å²) in [7, 11) is 0. The Labute approximate surface area is 102 Å². The molecule has 0 radical (unpaired) electrons. The monoisotopic (exact) mass is 224 g/mol. The fraction of sp³-hybridized carbons (Fsp3) is 0.125. The highest BCUT2D eigenvalue weighted by atomic mass is 16.3. The van der Waals surface area contributed by atoms with Crippen LogP contribution in [0.15, 0.2) is 66.2 Å². The van der Waals surface area contributed by atoms with E-state index in [9.17, 15) is 5.11 Å². The first-order chi connectivity index (χ1) is 8.27. The number of rotatable bonds is 3. The minimum Gasteiger partial charge on any atom is -0.384 e. The summed E-state index contributed by atoms with van der Waals surface area (Å²) in [4.78, 5) is 0. The van der Waals surface area contributed by atoms with Gasteiger partial charge in [0.25, 0.3) is 0 Å². The molecule has 1 heteroatoms. The molecule has 1 N–H and O–H groups in total. The molecule has 0 amide bonds. The van der Waals surface area contributed by atoms with E-state index in [2.05, 4.69) is 0 Å². The molecular formula is C16H16O. The molecule has 0 saturated heterocycles. The van der Waals surface area contributed by atoms with Crippen LogP contribution in [-0.2, 0) is 0 Å². The van der Waals surface area contributed by atoms with Gasteiger partial charge in [0.15, 0.2) is 0 Å². The summed E-state index contributed by atoms with van der Waals surface area (Å²) in [6.45, 7) is 1.95. The highest BCUT2D eigenvalue weighted by Crippen LogP contribution is 2.22. The van der Waals surface area contributed by atoms with Crippen molar-refractivity contribution in [1.82, 2.24) is 0 Å². The van der Waals surface area contributed by atoms with Crippen LogP contribution in [0.3, 0.4) is 0 Å². The van der Waals surface area contributed by atoms with Crippen LogP contribution in [0.4, 0.5) is 0 Å². The molecule has 2 aromatic rings. The Morgan fingerprint density at radius 1 is 0.941 bits per heavy atom. The normalized spacial score (nSPS) is 13.4. The Hall–Kier alpha value is -1.86. The van der Waals surface area contributed by atoms with Gasteiger partial charge in [-0.3, -0.25) is 0 Å². The van der Waals surface area contributed by atoms with E-state index >= 15 is 0 Å². The minimum absolute atomic E-state index is 0.531. The smallest absolute Gasteiger partial charge is 0.100 e. The zero-order chi connectivity index (χ0) is 12.1. The lowest BCUT2D eigenvalue weighted by molar-refractivity contribution is 0.217. The van der Waals surface area contributed by atoms with Gasteiger partial charge in [-0.2, -0.15) is 0 Å². The van der Waals surface area contributed by atoms with E-state index in [1.54, 1.807) is 0 Å². The van der Waals surface area contributed by atoms with Gasteiger partial charge < -0.3 is 5.11 Å². The zero-order valence-electron chi connectivity index (χ0n) is 9.88. The molecule has 1 atom stereocenters. The Morgan fingerprint density at radius 3 is 2.06 bits per heavy atom. The van der Waals surface area contributed by atoms with Crippen molar-refractivity contribution in [3.63, 3.8) is 0 Å². The van der Waals surface area contributed by atoms with Crippen LogP contribution in [0.2, 0.25) is 0 Å². The molecule has 0 spiro atoms. The van der Waals surface area contributed by atoms with Gasteiger partial charge in [-0.05, 0) is 23.6 Å². The van der Waals surface area contributed by atoms with Crippen LogP contribution in [0.25, 0.3) is 6.08 Å². The molecule has 0 fully saturated rings. The average molecular weight is 224 g/mol. The van der Waals surface area contributed by atoms with Crippen LogP contribution < -0.4 is 0 Å². The molecule has 17 heavy (non-hydrogen) atoms. The lowest BCUT2D eigenvalue weighted by Crippen LogP contribution is -1.98. The molecule has 0 bridgehead atoms. The molecule has 0 aromatic heterocycles. The van der Waals surface area contributed by atoms with Crippen molar-refractivity contribution in [2.75, 3.05) is 0 Å². The van der Waals surface area contributed by atoms with E-state index in [1.807, 2.05) is 73.7 Å². The number of hydrogen-bond donors (Lipinski definition) is 1. The van der Waals surface area contributed by atoms with Crippen molar-refractivity contribution in [3.05, 3.63) is 77.4 Å². The molecule has 0 heterocycles. The molecule has 2 rings (SSSR count). The standard InChI is InChI=1S/C16H16O/c1-13(12-14-8-4-2-5-9-14)16(17)15-10-6-3-7-11-15/h2-12,16-17H,1H3/b13-12+/t16-/m0/s1. The van der Waals surface area contributed by atoms with E-state index in [4.69, 9.17) is 0 Å². The number of aliphatic hydroxyl groups is 1. The summed E-state index contributed by atoms with van der Waals surface area (Å²) < 4.78 is 0. The van der Waals surface area contributed by atoms with Crippen molar-refractivity contribution in [2.24, 2.45) is 0 Å². The number of hydrogen-bond acceptors (Lipinski definition) is 1. The van der Waals surface area contributed by atoms with Crippen LogP contribution >= 0.6 is 0 Å². The minimum atomic E-state index is -0.531. The number of benzene rings is 2. The molecule has 0 aliphatic carbocycles. The average Bonchev–Trinajstić information content (AvgIpc) is 2.40. The maximum atomic E-state index is 10.2. The van der Waals surface area contributed by atoms with Gasteiger partial charge >= 0.3 is 0 Å². The second kappa shape index (κ2) is 5.46. The second-order valence-electron chi connectivity index (χ2n) is 4.11. The van der Waals surface area contributed by atoms with E-state index in [0.717, 1.165) is 16.7 Å². The van der Waals surface area contributed by atoms with E-state index in [0.29, 0.717) is 0 Å². The van der Waals surface area contributed by atoms with Gasteiger partial charge in [0.1, 0.15) is 6.10 Å². The van der Waals surface area contributed by atoms with E-state index in [1.165, 1.54) is 0 Å². The topological polar surface area (TPSA) is 20.2 Å². The highest BCUT2D eigenvalue weighted by Gasteiger charge is 2.08. The van der Waals surface area contributed by atoms with Crippen molar-refractivity contribution in [2.45, 2.75) is 13.0 Å². The maximum Gasteiger partial charge on any atom is 0.100 e. The molecule has 0 saturated carbocycles. The largest absolute Gasteiger partial charge is 0.384 e. The van der Waals surface area contributed by atoms with Crippen LogP contribution in [-0.4, -0.2) is 5.11 Å². The van der Waals surface area contributed by atoms with E-state index < -0.39 is 6.10 Å². The van der Waals surface area contributed by atoms with Crippen LogP contribution in [0.1, 0.15) is 24.2 Å². The van der Waals surface area contributed by atoms with E-state index in [-0.39, 0.29) is 0 Å². The predicted octanol–water partition coefficient (Wildman–Crippen LogP) is 3.82. The molecule has 0 aliphatic rings. The SMILES string of the molecule is C/C(=C\c1ccccc1)[C@H](O)c1ccccc1. The molecular weight excluding hydrogens is 208 g/mol. The van der Waals surface area contributed by atoms with Gasteiger partial charge in [0.2, 0.25) is 0 Å². The quantitative estimate of drug-likeness (QED) is 0.840. The van der Waals surface area contributed by atoms with Crippen molar-refractivity contribution in [3.8, 4) is 0 Å². The molecule has 1 nitrogen and oxygen atoms in total. The van der Waals surface area contributed by atoms with Crippen molar-refractivity contribution < 1.29 is 5.11 Å². The summed E-state index contributed by atoms with van der Waals surface area (Å²) in [5, 5.41) is 10.2. The number of aliphatic hydroxyl groups excluding tert-OH is 1. The third-order valence-electron chi connectivity index (χ3n) is 2.74. The highest BCUT2D eigenvalue weighted by molar-refractivity contribution is 5.53. The van der Waals surface area contributed by atoms with Crippen molar-refractivity contribution in [1.29, 1.82) is 0 Å². The molecule has 2 aromatic carbocycles. The Kier molecular flexibility index (Phi) is 3.73. The summed E-state index contributed by atoms with van der Waals surface area (Å²) in [5.41, 5.74) is 2.99. The molecule has 86 valence electrons. The molecule has 0 unspecified atom stereocenters.